The number of thiophene rings is 1. The summed E-state index contributed by atoms with van der Waals surface area (Å²) in [7, 11) is 1.66. The first-order valence-corrected chi connectivity index (χ1v) is 10.1. The van der Waals surface area contributed by atoms with Crippen LogP contribution < -0.4 is 5.73 Å². The van der Waals surface area contributed by atoms with Crippen LogP contribution in [-0.2, 0) is 16.8 Å². The van der Waals surface area contributed by atoms with Crippen molar-refractivity contribution in [1.82, 2.24) is 9.88 Å². The fourth-order valence-electron chi connectivity index (χ4n) is 4.20. The zero-order valence-electron chi connectivity index (χ0n) is 14.7. The highest BCUT2D eigenvalue weighted by molar-refractivity contribution is 7.18. The molecule has 2 atom stereocenters. The number of carbonyl (C=O) groups excluding carboxylic acids is 1. The predicted molar refractivity (Wildman–Crippen MR) is 106 cm³/mol. The number of aromatic nitrogens is 1. The third-order valence-corrected chi connectivity index (χ3v) is 7.51. The van der Waals surface area contributed by atoms with Crippen LogP contribution >= 0.6 is 22.7 Å². The van der Waals surface area contributed by atoms with E-state index in [9.17, 15) is 10.1 Å². The zero-order chi connectivity index (χ0) is 18.9. The van der Waals surface area contributed by atoms with Gasteiger partial charge in [-0.05, 0) is 36.2 Å². The molecule has 1 aromatic carbocycles. The molecule has 0 bridgehead atoms. The zero-order valence-corrected chi connectivity index (χ0v) is 16.3. The number of carbonyl (C=O) groups is 1. The van der Waals surface area contributed by atoms with Crippen molar-refractivity contribution in [2.75, 3.05) is 7.05 Å². The number of hydrogen-bond acceptors (Lipinski definition) is 7. The Balaban J connectivity index is 1.82. The van der Waals surface area contributed by atoms with Crippen molar-refractivity contribution in [3.63, 3.8) is 0 Å². The van der Waals surface area contributed by atoms with Gasteiger partial charge in [-0.3, -0.25) is 9.69 Å². The summed E-state index contributed by atoms with van der Waals surface area (Å²) in [6, 6.07) is 9.94. The average molecular weight is 393 g/mol. The first-order valence-electron chi connectivity index (χ1n) is 8.47. The van der Waals surface area contributed by atoms with Crippen molar-refractivity contribution in [2.45, 2.75) is 24.8 Å². The average Bonchev–Trinajstić information content (AvgIpc) is 3.33. The molecule has 8 heteroatoms. The molecule has 5 rings (SSSR count). The number of fused-ring (bicyclic) bond motifs is 5. The lowest BCUT2D eigenvalue weighted by Gasteiger charge is -2.38. The standard InChI is InChI=1S/C19H15N5OS2/c1-9-22-16-12-7-19(14-6-3-10(8-20)27-14)15(11(12)4-5-13(16)26-9)17(25)24(2)18(21)23-19/h3-6,15H,7H2,1-2H3,(H2,21,23). The van der Waals surface area contributed by atoms with Gasteiger partial charge in [-0.1, -0.05) is 6.07 Å². The molecular formula is C19H15N5OS2. The van der Waals surface area contributed by atoms with Crippen LogP contribution in [0.15, 0.2) is 29.3 Å². The first-order chi connectivity index (χ1) is 12.9. The van der Waals surface area contributed by atoms with E-state index >= 15 is 0 Å². The maximum absolute atomic E-state index is 13.3. The van der Waals surface area contributed by atoms with Gasteiger partial charge in [-0.15, -0.1) is 22.7 Å². The van der Waals surface area contributed by atoms with Gasteiger partial charge in [-0.25, -0.2) is 9.98 Å². The summed E-state index contributed by atoms with van der Waals surface area (Å²) in [5.74, 6) is -0.317. The van der Waals surface area contributed by atoms with Crippen LogP contribution in [0.1, 0.15) is 31.8 Å². The van der Waals surface area contributed by atoms with E-state index in [1.54, 1.807) is 24.5 Å². The van der Waals surface area contributed by atoms with Gasteiger partial charge in [0, 0.05) is 18.3 Å². The van der Waals surface area contributed by atoms with Crippen molar-refractivity contribution < 1.29 is 4.79 Å². The van der Waals surface area contributed by atoms with Gasteiger partial charge in [0.15, 0.2) is 5.96 Å². The second kappa shape index (κ2) is 5.38. The molecule has 1 aliphatic carbocycles. The summed E-state index contributed by atoms with van der Waals surface area (Å²) in [6.45, 7) is 1.99. The highest BCUT2D eigenvalue weighted by Gasteiger charge is 2.56. The minimum absolute atomic E-state index is 0.0699. The number of nitrogens with zero attached hydrogens (tertiary/aromatic N) is 4. The van der Waals surface area contributed by atoms with Crippen molar-refractivity contribution in [2.24, 2.45) is 10.7 Å². The van der Waals surface area contributed by atoms with Gasteiger partial charge in [-0.2, -0.15) is 5.26 Å². The van der Waals surface area contributed by atoms with E-state index in [1.807, 2.05) is 25.1 Å². The van der Waals surface area contributed by atoms with E-state index < -0.39 is 11.5 Å². The molecule has 2 unspecified atom stereocenters. The van der Waals surface area contributed by atoms with E-state index in [0.717, 1.165) is 31.2 Å². The number of amides is 1. The second-order valence-corrected chi connectivity index (χ2v) is 9.21. The van der Waals surface area contributed by atoms with Gasteiger partial charge in [0.25, 0.3) is 0 Å². The van der Waals surface area contributed by atoms with Crippen molar-refractivity contribution in [3.8, 4) is 6.07 Å². The quantitative estimate of drug-likeness (QED) is 0.688. The summed E-state index contributed by atoms with van der Waals surface area (Å²) in [5.41, 5.74) is 8.29. The van der Waals surface area contributed by atoms with E-state index in [1.165, 1.54) is 16.2 Å². The van der Waals surface area contributed by atoms with E-state index in [-0.39, 0.29) is 11.9 Å². The molecule has 1 amide bonds. The molecule has 134 valence electrons. The van der Waals surface area contributed by atoms with Crippen LogP contribution in [0.5, 0.6) is 0 Å². The Hall–Kier alpha value is -2.76. The second-order valence-electron chi connectivity index (χ2n) is 6.89. The highest BCUT2D eigenvalue weighted by Crippen LogP contribution is 2.55. The normalized spacial score (nSPS) is 23.9. The molecule has 3 heterocycles. The molecule has 0 radical (unpaired) electrons. The lowest BCUT2D eigenvalue weighted by Crippen LogP contribution is -2.52. The number of guanidine groups is 1. The van der Waals surface area contributed by atoms with E-state index in [0.29, 0.717) is 11.3 Å². The minimum atomic E-state index is -0.804. The number of benzene rings is 1. The van der Waals surface area contributed by atoms with Gasteiger partial charge in [0.1, 0.15) is 16.5 Å². The van der Waals surface area contributed by atoms with Crippen LogP contribution in [0.2, 0.25) is 0 Å². The van der Waals surface area contributed by atoms with Gasteiger partial charge in [0.2, 0.25) is 5.91 Å². The predicted octanol–water partition coefficient (Wildman–Crippen LogP) is 2.86. The maximum atomic E-state index is 13.3. The molecule has 1 aliphatic heterocycles. The van der Waals surface area contributed by atoms with Crippen molar-refractivity contribution in [3.05, 3.63) is 50.2 Å². The van der Waals surface area contributed by atoms with Crippen LogP contribution in [-0.4, -0.2) is 28.8 Å². The SMILES string of the molecule is Cc1nc2c3c(ccc2s1)C1C(=O)N(C)C(N)=NC1(c1ccc(C#N)s1)C3. The number of likely N-dealkylation sites (N-methyl/N-ethyl adjacent to an activating group) is 1. The number of nitrogens with two attached hydrogens (primary N) is 1. The summed E-state index contributed by atoms with van der Waals surface area (Å²) >= 11 is 3.03. The third-order valence-electron chi connectivity index (χ3n) is 5.42. The Kier molecular flexibility index (Phi) is 3.27. The summed E-state index contributed by atoms with van der Waals surface area (Å²) < 4.78 is 1.11. The monoisotopic (exact) mass is 393 g/mol. The van der Waals surface area contributed by atoms with Crippen LogP contribution in [0.3, 0.4) is 0 Å². The van der Waals surface area contributed by atoms with E-state index in [4.69, 9.17) is 15.7 Å². The van der Waals surface area contributed by atoms with Crippen molar-refractivity contribution in [1.29, 1.82) is 5.26 Å². The first kappa shape index (κ1) is 16.4. The number of aryl methyl sites for hydroxylation is 1. The van der Waals surface area contributed by atoms with Crippen LogP contribution in [0, 0.1) is 18.3 Å². The topological polar surface area (TPSA) is 95.4 Å². The fraction of sp³-hybridized carbons (Fsp3) is 0.263. The summed E-state index contributed by atoms with van der Waals surface area (Å²) in [6.07, 6.45) is 0.555. The molecule has 0 fully saturated rings. The lowest BCUT2D eigenvalue weighted by atomic mass is 9.81. The van der Waals surface area contributed by atoms with Gasteiger partial charge >= 0.3 is 0 Å². The van der Waals surface area contributed by atoms with Crippen LogP contribution in [0.25, 0.3) is 10.2 Å². The number of thiazole rings is 1. The number of nitriles is 1. The molecule has 0 spiro atoms. The number of aliphatic imine (C=N–C) groups is 1. The molecule has 0 saturated carbocycles. The molecule has 6 nitrogen and oxygen atoms in total. The third kappa shape index (κ3) is 2.07. The molecular weight excluding hydrogens is 378 g/mol. The number of hydrogen-bond donors (Lipinski definition) is 1. The Morgan fingerprint density at radius 2 is 2.15 bits per heavy atom. The maximum Gasteiger partial charge on any atom is 0.239 e. The summed E-state index contributed by atoms with van der Waals surface area (Å²) in [5, 5.41) is 10.3. The minimum Gasteiger partial charge on any atom is -0.369 e. The summed E-state index contributed by atoms with van der Waals surface area (Å²) in [4.78, 5) is 25.7. The molecule has 2 aliphatic rings. The fourth-order valence-corrected chi connectivity index (χ4v) is 6.03. The molecule has 2 N–H and O–H groups in total. The largest absolute Gasteiger partial charge is 0.369 e. The Labute approximate surface area is 163 Å². The highest BCUT2D eigenvalue weighted by atomic mass is 32.1. The van der Waals surface area contributed by atoms with Gasteiger partial charge < -0.3 is 5.73 Å². The smallest absolute Gasteiger partial charge is 0.239 e. The Bertz CT molecular complexity index is 1200. The Morgan fingerprint density at radius 3 is 2.89 bits per heavy atom. The number of rotatable bonds is 1. The van der Waals surface area contributed by atoms with Gasteiger partial charge in [0.05, 0.1) is 21.1 Å². The molecule has 27 heavy (non-hydrogen) atoms. The lowest BCUT2D eigenvalue weighted by molar-refractivity contribution is -0.130. The molecule has 2 aromatic heterocycles. The molecule has 0 saturated heterocycles. The van der Waals surface area contributed by atoms with Crippen LogP contribution in [0.4, 0.5) is 0 Å². The van der Waals surface area contributed by atoms with E-state index in [2.05, 4.69) is 6.07 Å². The van der Waals surface area contributed by atoms with Crippen molar-refractivity contribution >= 4 is 44.8 Å². The molecule has 3 aromatic rings. The Morgan fingerprint density at radius 1 is 1.33 bits per heavy atom.